The lowest BCUT2D eigenvalue weighted by Crippen LogP contribution is -2.29. The predicted octanol–water partition coefficient (Wildman–Crippen LogP) is 4.61. The van der Waals surface area contributed by atoms with Crippen LogP contribution in [0.3, 0.4) is 0 Å². The van der Waals surface area contributed by atoms with Crippen LogP contribution in [0, 0.1) is 0 Å². The fourth-order valence-electron chi connectivity index (χ4n) is 3.39. The average Bonchev–Trinajstić information content (AvgIpc) is 2.73. The summed E-state index contributed by atoms with van der Waals surface area (Å²) in [6, 6.07) is 8.83. The number of carbonyl (C=O) groups is 1. The highest BCUT2D eigenvalue weighted by atomic mass is 35.5. The molecule has 1 heterocycles. The van der Waals surface area contributed by atoms with Gasteiger partial charge in [0.05, 0.1) is 32.0 Å². The number of hydrogen-bond donors (Lipinski definition) is 1. The minimum atomic E-state index is -0.291. The Labute approximate surface area is 170 Å². The topological polar surface area (TPSA) is 60.0 Å². The quantitative estimate of drug-likeness (QED) is 0.761. The first-order valence-corrected chi connectivity index (χ1v) is 9.61. The number of anilines is 2. The summed E-state index contributed by atoms with van der Waals surface area (Å²) in [5.41, 5.74) is 2.03. The van der Waals surface area contributed by atoms with Gasteiger partial charge in [-0.15, -0.1) is 0 Å². The molecule has 1 fully saturated rings. The standard InChI is InChI=1S/C21H25ClN2O4/c1-26-18-11-14(12-19(27-2)20(18)28-3)21(25)23-15-7-8-17(16(22)13-15)24-9-5-4-6-10-24/h7-8,11-13H,4-6,9-10H2,1-3H3,(H,23,25). The average molecular weight is 405 g/mol. The van der Waals surface area contributed by atoms with E-state index in [9.17, 15) is 4.79 Å². The fraction of sp³-hybridized carbons (Fsp3) is 0.381. The zero-order valence-electron chi connectivity index (χ0n) is 16.4. The number of halogens is 1. The van der Waals surface area contributed by atoms with Crippen LogP contribution in [0.15, 0.2) is 30.3 Å². The van der Waals surface area contributed by atoms with E-state index in [0.717, 1.165) is 18.8 Å². The first-order valence-electron chi connectivity index (χ1n) is 9.23. The summed E-state index contributed by atoms with van der Waals surface area (Å²) in [5.74, 6) is 0.993. The van der Waals surface area contributed by atoms with E-state index < -0.39 is 0 Å². The second kappa shape index (κ2) is 9.06. The normalized spacial score (nSPS) is 13.8. The smallest absolute Gasteiger partial charge is 0.255 e. The Morgan fingerprint density at radius 1 is 0.964 bits per heavy atom. The van der Waals surface area contributed by atoms with Crippen LogP contribution in [-0.2, 0) is 0 Å². The van der Waals surface area contributed by atoms with E-state index in [1.165, 1.54) is 40.6 Å². The van der Waals surface area contributed by atoms with E-state index >= 15 is 0 Å². The van der Waals surface area contributed by atoms with Gasteiger partial charge in [0.25, 0.3) is 5.91 Å². The highest BCUT2D eigenvalue weighted by Crippen LogP contribution is 2.38. The molecule has 2 aromatic carbocycles. The molecule has 1 amide bonds. The monoisotopic (exact) mass is 404 g/mol. The molecule has 0 bridgehead atoms. The maximum atomic E-state index is 12.7. The largest absolute Gasteiger partial charge is 0.493 e. The lowest BCUT2D eigenvalue weighted by atomic mass is 10.1. The van der Waals surface area contributed by atoms with Gasteiger partial charge in [-0.05, 0) is 49.6 Å². The van der Waals surface area contributed by atoms with Gasteiger partial charge in [-0.25, -0.2) is 0 Å². The predicted molar refractivity (Wildman–Crippen MR) is 112 cm³/mol. The maximum absolute atomic E-state index is 12.7. The minimum absolute atomic E-state index is 0.291. The Bertz CT molecular complexity index is 825. The van der Waals surface area contributed by atoms with E-state index in [0.29, 0.717) is 33.5 Å². The lowest BCUT2D eigenvalue weighted by molar-refractivity contribution is 0.102. The Hall–Kier alpha value is -2.60. The van der Waals surface area contributed by atoms with Crippen LogP contribution in [0.4, 0.5) is 11.4 Å². The fourth-order valence-corrected chi connectivity index (χ4v) is 3.69. The second-order valence-electron chi connectivity index (χ2n) is 6.58. The van der Waals surface area contributed by atoms with Gasteiger partial charge in [-0.3, -0.25) is 4.79 Å². The molecular formula is C21H25ClN2O4. The zero-order chi connectivity index (χ0) is 20.1. The molecule has 150 valence electrons. The summed E-state index contributed by atoms with van der Waals surface area (Å²) < 4.78 is 15.9. The molecule has 0 saturated carbocycles. The summed E-state index contributed by atoms with van der Waals surface area (Å²) >= 11 is 6.48. The van der Waals surface area contributed by atoms with Crippen molar-refractivity contribution in [2.24, 2.45) is 0 Å². The Kier molecular flexibility index (Phi) is 6.52. The van der Waals surface area contributed by atoms with Gasteiger partial charge in [0.1, 0.15) is 0 Å². The van der Waals surface area contributed by atoms with Crippen molar-refractivity contribution in [2.75, 3.05) is 44.6 Å². The van der Waals surface area contributed by atoms with Crippen molar-refractivity contribution >= 4 is 28.9 Å². The summed E-state index contributed by atoms with van der Waals surface area (Å²) in [4.78, 5) is 15.0. The molecule has 3 rings (SSSR count). The van der Waals surface area contributed by atoms with Gasteiger partial charge in [-0.1, -0.05) is 11.6 Å². The number of benzene rings is 2. The van der Waals surface area contributed by atoms with E-state index in [-0.39, 0.29) is 5.91 Å². The zero-order valence-corrected chi connectivity index (χ0v) is 17.1. The van der Waals surface area contributed by atoms with E-state index in [4.69, 9.17) is 25.8 Å². The van der Waals surface area contributed by atoms with Crippen molar-refractivity contribution in [3.63, 3.8) is 0 Å². The highest BCUT2D eigenvalue weighted by molar-refractivity contribution is 6.33. The van der Waals surface area contributed by atoms with E-state index in [2.05, 4.69) is 10.2 Å². The third-order valence-electron chi connectivity index (χ3n) is 4.83. The van der Waals surface area contributed by atoms with Crippen LogP contribution in [0.2, 0.25) is 5.02 Å². The highest BCUT2D eigenvalue weighted by Gasteiger charge is 2.18. The van der Waals surface area contributed by atoms with E-state index in [1.54, 1.807) is 18.2 Å². The minimum Gasteiger partial charge on any atom is -0.493 e. The van der Waals surface area contributed by atoms with Crippen LogP contribution < -0.4 is 24.4 Å². The lowest BCUT2D eigenvalue weighted by Gasteiger charge is -2.29. The Balaban J connectivity index is 1.80. The molecule has 0 aliphatic carbocycles. The number of methoxy groups -OCH3 is 3. The first-order chi connectivity index (χ1) is 13.6. The van der Waals surface area contributed by atoms with Crippen molar-refractivity contribution in [1.29, 1.82) is 0 Å². The van der Waals surface area contributed by atoms with Gasteiger partial charge in [0.2, 0.25) is 5.75 Å². The van der Waals surface area contributed by atoms with Crippen LogP contribution in [0.25, 0.3) is 0 Å². The number of piperidine rings is 1. The summed E-state index contributed by atoms with van der Waals surface area (Å²) in [5, 5.41) is 3.50. The van der Waals surface area contributed by atoms with E-state index in [1.807, 2.05) is 12.1 Å². The van der Waals surface area contributed by atoms with Crippen molar-refractivity contribution in [3.05, 3.63) is 40.9 Å². The molecule has 0 aromatic heterocycles. The second-order valence-corrected chi connectivity index (χ2v) is 6.99. The van der Waals surface area contributed by atoms with Crippen LogP contribution >= 0.6 is 11.6 Å². The molecule has 1 aliphatic rings. The number of carbonyl (C=O) groups excluding carboxylic acids is 1. The number of amides is 1. The van der Waals surface area contributed by atoms with Crippen molar-refractivity contribution in [3.8, 4) is 17.2 Å². The number of nitrogens with one attached hydrogen (secondary N) is 1. The van der Waals surface area contributed by atoms with Crippen molar-refractivity contribution in [1.82, 2.24) is 0 Å². The molecular weight excluding hydrogens is 380 g/mol. The van der Waals surface area contributed by atoms with Crippen LogP contribution in [0.1, 0.15) is 29.6 Å². The van der Waals surface area contributed by atoms with Crippen LogP contribution in [-0.4, -0.2) is 40.3 Å². The summed E-state index contributed by atoms with van der Waals surface area (Å²) in [7, 11) is 4.54. The van der Waals surface area contributed by atoms with Gasteiger partial charge in [0, 0.05) is 24.3 Å². The molecule has 6 nitrogen and oxygen atoms in total. The number of rotatable bonds is 6. The third-order valence-corrected chi connectivity index (χ3v) is 5.13. The van der Waals surface area contributed by atoms with Gasteiger partial charge < -0.3 is 24.4 Å². The SMILES string of the molecule is COc1cc(C(=O)Nc2ccc(N3CCCCC3)c(Cl)c2)cc(OC)c1OC. The molecule has 1 N–H and O–H groups in total. The van der Waals surface area contributed by atoms with Crippen molar-refractivity contribution < 1.29 is 19.0 Å². The summed E-state index contributed by atoms with van der Waals surface area (Å²) in [6.45, 7) is 2.02. The molecule has 7 heteroatoms. The van der Waals surface area contributed by atoms with Gasteiger partial charge in [-0.2, -0.15) is 0 Å². The van der Waals surface area contributed by atoms with Crippen LogP contribution in [0.5, 0.6) is 17.2 Å². The molecule has 28 heavy (non-hydrogen) atoms. The molecule has 0 spiro atoms. The maximum Gasteiger partial charge on any atom is 0.255 e. The van der Waals surface area contributed by atoms with Gasteiger partial charge >= 0.3 is 0 Å². The number of ether oxygens (including phenoxy) is 3. The molecule has 0 atom stereocenters. The molecule has 0 unspecified atom stereocenters. The third kappa shape index (κ3) is 4.28. The Morgan fingerprint density at radius 2 is 1.61 bits per heavy atom. The molecule has 1 saturated heterocycles. The molecule has 2 aromatic rings. The summed E-state index contributed by atoms with van der Waals surface area (Å²) in [6.07, 6.45) is 3.61. The molecule has 1 aliphatic heterocycles. The molecule has 0 radical (unpaired) electrons. The Morgan fingerprint density at radius 3 is 2.14 bits per heavy atom. The first kappa shape index (κ1) is 20.1. The van der Waals surface area contributed by atoms with Gasteiger partial charge in [0.15, 0.2) is 11.5 Å². The van der Waals surface area contributed by atoms with Crippen molar-refractivity contribution in [2.45, 2.75) is 19.3 Å². The number of hydrogen-bond acceptors (Lipinski definition) is 5. The number of nitrogens with zero attached hydrogens (tertiary/aromatic N) is 1.